The Morgan fingerprint density at radius 1 is 1.00 bits per heavy atom. The average Bonchev–Trinajstić information content (AvgIpc) is 2.33. The summed E-state index contributed by atoms with van der Waals surface area (Å²) in [6, 6.07) is 0. The lowest BCUT2D eigenvalue weighted by molar-refractivity contribution is -0.141. The number of unbranched alkanes of at least 4 members (excludes halogenated alkanes) is 5. The quantitative estimate of drug-likeness (QED) is 0.457. The van der Waals surface area contributed by atoms with Crippen molar-refractivity contribution >= 4 is 11.9 Å². The van der Waals surface area contributed by atoms with E-state index in [1.165, 1.54) is 26.2 Å². The minimum atomic E-state index is -0.244. The highest BCUT2D eigenvalue weighted by Gasteiger charge is 2.00. The van der Waals surface area contributed by atoms with Crippen LogP contribution in [0.5, 0.6) is 0 Å². The smallest absolute Gasteiger partial charge is 0.302 e. The van der Waals surface area contributed by atoms with Crippen LogP contribution in [0.3, 0.4) is 0 Å². The fourth-order valence-corrected chi connectivity index (χ4v) is 1.65. The third-order valence-electron chi connectivity index (χ3n) is 2.71. The van der Waals surface area contributed by atoms with E-state index < -0.39 is 0 Å². The Balaban J connectivity index is 3.19. The Bertz CT molecular complexity index is 229. The maximum absolute atomic E-state index is 11.4. The number of ether oxygens (including phenoxy) is 1. The number of hydrogen-bond acceptors (Lipinski definition) is 3. The largest absolute Gasteiger partial charge is 0.466 e. The Labute approximate surface area is 110 Å². The molecule has 0 atom stereocenters. The predicted molar refractivity (Wildman–Crippen MR) is 72.3 cm³/mol. The second-order valence-electron chi connectivity index (χ2n) is 4.56. The van der Waals surface area contributed by atoms with Gasteiger partial charge in [0.05, 0.1) is 6.61 Å². The van der Waals surface area contributed by atoms with Gasteiger partial charge in [-0.2, -0.15) is 0 Å². The molecule has 0 spiro atoms. The van der Waals surface area contributed by atoms with Crippen molar-refractivity contribution in [2.75, 3.05) is 13.2 Å². The Morgan fingerprint density at radius 3 is 2.39 bits per heavy atom. The summed E-state index contributed by atoms with van der Waals surface area (Å²) in [4.78, 5) is 21.9. The van der Waals surface area contributed by atoms with Gasteiger partial charge in [-0.1, -0.05) is 32.6 Å². The lowest BCUT2D eigenvalue weighted by atomic mass is 10.1. The normalized spacial score (nSPS) is 10.1. The molecule has 0 fully saturated rings. The average molecular weight is 257 g/mol. The van der Waals surface area contributed by atoms with Gasteiger partial charge in [-0.3, -0.25) is 9.59 Å². The first kappa shape index (κ1) is 16.9. The summed E-state index contributed by atoms with van der Waals surface area (Å²) in [6.45, 7) is 4.71. The van der Waals surface area contributed by atoms with Gasteiger partial charge in [0.1, 0.15) is 0 Å². The van der Waals surface area contributed by atoms with E-state index in [1.54, 1.807) is 0 Å². The molecule has 0 saturated carbocycles. The van der Waals surface area contributed by atoms with Crippen molar-refractivity contribution in [3.8, 4) is 0 Å². The van der Waals surface area contributed by atoms with Gasteiger partial charge >= 0.3 is 5.97 Å². The van der Waals surface area contributed by atoms with E-state index in [1.807, 2.05) is 0 Å². The predicted octanol–water partition coefficient (Wildman–Crippen LogP) is 2.81. The second kappa shape index (κ2) is 12.4. The summed E-state index contributed by atoms with van der Waals surface area (Å²) in [6.07, 6.45) is 8.14. The molecule has 18 heavy (non-hydrogen) atoms. The van der Waals surface area contributed by atoms with Crippen LogP contribution in [0, 0.1) is 0 Å². The molecule has 0 rings (SSSR count). The number of carbonyl (C=O) groups is 2. The summed E-state index contributed by atoms with van der Waals surface area (Å²) in [7, 11) is 0. The summed E-state index contributed by atoms with van der Waals surface area (Å²) in [5, 5.41) is 2.88. The molecule has 1 N–H and O–H groups in total. The third kappa shape index (κ3) is 13.0. The second-order valence-corrected chi connectivity index (χ2v) is 4.56. The van der Waals surface area contributed by atoms with Gasteiger partial charge in [-0.25, -0.2) is 0 Å². The van der Waals surface area contributed by atoms with Crippen molar-refractivity contribution < 1.29 is 14.3 Å². The molecule has 0 aromatic carbocycles. The maximum atomic E-state index is 11.4. The zero-order valence-electron chi connectivity index (χ0n) is 11.8. The maximum Gasteiger partial charge on any atom is 0.302 e. The molecule has 1 amide bonds. The van der Waals surface area contributed by atoms with E-state index in [0.29, 0.717) is 19.6 Å². The standard InChI is InChI=1S/C14H27NO3/c1-3-4-5-6-7-10-14(17)15-11-8-9-12-18-13(2)16/h3-12H2,1-2H3,(H,15,17). The molecular formula is C14H27NO3. The number of hydrogen-bond donors (Lipinski definition) is 1. The zero-order chi connectivity index (χ0) is 13.6. The number of nitrogens with one attached hydrogen (secondary N) is 1. The molecular weight excluding hydrogens is 230 g/mol. The lowest BCUT2D eigenvalue weighted by Gasteiger charge is -2.05. The van der Waals surface area contributed by atoms with E-state index in [4.69, 9.17) is 4.74 Å². The highest BCUT2D eigenvalue weighted by molar-refractivity contribution is 5.75. The van der Waals surface area contributed by atoms with Crippen LogP contribution in [0.2, 0.25) is 0 Å². The molecule has 0 radical (unpaired) electrons. The fourth-order valence-electron chi connectivity index (χ4n) is 1.65. The number of amides is 1. The monoisotopic (exact) mass is 257 g/mol. The SMILES string of the molecule is CCCCCCCC(=O)NCCCCOC(C)=O. The van der Waals surface area contributed by atoms with Crippen LogP contribution < -0.4 is 5.32 Å². The van der Waals surface area contributed by atoms with Crippen LogP contribution in [0.15, 0.2) is 0 Å². The van der Waals surface area contributed by atoms with Gasteiger partial charge in [-0.15, -0.1) is 0 Å². The van der Waals surface area contributed by atoms with E-state index in [9.17, 15) is 9.59 Å². The number of carbonyl (C=O) groups excluding carboxylic acids is 2. The molecule has 0 saturated heterocycles. The number of rotatable bonds is 11. The summed E-state index contributed by atoms with van der Waals surface area (Å²) in [5.74, 6) is -0.106. The first-order chi connectivity index (χ1) is 8.66. The molecule has 4 nitrogen and oxygen atoms in total. The minimum Gasteiger partial charge on any atom is -0.466 e. The molecule has 0 unspecified atom stereocenters. The van der Waals surface area contributed by atoms with Crippen molar-refractivity contribution in [2.45, 2.75) is 65.2 Å². The Morgan fingerprint density at radius 2 is 1.72 bits per heavy atom. The molecule has 0 aliphatic carbocycles. The van der Waals surface area contributed by atoms with Gasteiger partial charge < -0.3 is 10.1 Å². The topological polar surface area (TPSA) is 55.4 Å². The van der Waals surface area contributed by atoms with Crippen molar-refractivity contribution in [1.29, 1.82) is 0 Å². The van der Waals surface area contributed by atoms with Gasteiger partial charge in [0.15, 0.2) is 0 Å². The minimum absolute atomic E-state index is 0.138. The Hall–Kier alpha value is -1.06. The molecule has 4 heteroatoms. The van der Waals surface area contributed by atoms with E-state index in [-0.39, 0.29) is 11.9 Å². The fraction of sp³-hybridized carbons (Fsp3) is 0.857. The number of esters is 1. The zero-order valence-corrected chi connectivity index (χ0v) is 11.8. The van der Waals surface area contributed by atoms with E-state index in [2.05, 4.69) is 12.2 Å². The van der Waals surface area contributed by atoms with Gasteiger partial charge in [-0.05, 0) is 19.3 Å². The molecule has 0 bridgehead atoms. The van der Waals surface area contributed by atoms with Gasteiger partial charge in [0.25, 0.3) is 0 Å². The van der Waals surface area contributed by atoms with Crippen LogP contribution in [0.1, 0.15) is 65.2 Å². The lowest BCUT2D eigenvalue weighted by Crippen LogP contribution is -2.24. The van der Waals surface area contributed by atoms with Crippen LogP contribution in [-0.2, 0) is 14.3 Å². The molecule has 0 aromatic heterocycles. The highest BCUT2D eigenvalue weighted by Crippen LogP contribution is 2.04. The van der Waals surface area contributed by atoms with Crippen LogP contribution >= 0.6 is 0 Å². The molecule has 0 aliphatic rings. The van der Waals surface area contributed by atoms with Gasteiger partial charge in [0.2, 0.25) is 5.91 Å². The Kier molecular flexibility index (Phi) is 11.7. The van der Waals surface area contributed by atoms with Crippen molar-refractivity contribution in [1.82, 2.24) is 5.32 Å². The van der Waals surface area contributed by atoms with Gasteiger partial charge in [0, 0.05) is 19.9 Å². The van der Waals surface area contributed by atoms with Crippen molar-refractivity contribution in [3.63, 3.8) is 0 Å². The van der Waals surface area contributed by atoms with Crippen molar-refractivity contribution in [3.05, 3.63) is 0 Å². The summed E-state index contributed by atoms with van der Waals surface area (Å²) in [5.41, 5.74) is 0. The molecule has 106 valence electrons. The van der Waals surface area contributed by atoms with Crippen LogP contribution in [-0.4, -0.2) is 25.0 Å². The highest BCUT2D eigenvalue weighted by atomic mass is 16.5. The summed E-state index contributed by atoms with van der Waals surface area (Å²) >= 11 is 0. The van der Waals surface area contributed by atoms with E-state index >= 15 is 0 Å². The third-order valence-corrected chi connectivity index (χ3v) is 2.71. The van der Waals surface area contributed by atoms with Crippen molar-refractivity contribution in [2.24, 2.45) is 0 Å². The van der Waals surface area contributed by atoms with Crippen LogP contribution in [0.4, 0.5) is 0 Å². The first-order valence-electron chi connectivity index (χ1n) is 7.07. The summed E-state index contributed by atoms with van der Waals surface area (Å²) < 4.78 is 4.80. The van der Waals surface area contributed by atoms with E-state index in [0.717, 1.165) is 25.7 Å². The molecule has 0 heterocycles. The molecule has 0 aliphatic heterocycles. The molecule has 0 aromatic rings. The first-order valence-corrected chi connectivity index (χ1v) is 7.07. The van der Waals surface area contributed by atoms with Crippen LogP contribution in [0.25, 0.3) is 0 Å².